The van der Waals surface area contributed by atoms with Crippen LogP contribution in [0.1, 0.15) is 19.4 Å². The minimum atomic E-state index is 0.0485. The first-order valence-corrected chi connectivity index (χ1v) is 7.64. The van der Waals surface area contributed by atoms with Crippen LogP contribution in [0.4, 0.5) is 5.69 Å². The summed E-state index contributed by atoms with van der Waals surface area (Å²) < 4.78 is 1.00. The summed E-state index contributed by atoms with van der Waals surface area (Å²) in [6, 6.07) is 6.18. The van der Waals surface area contributed by atoms with Crippen LogP contribution in [0.2, 0.25) is 0 Å². The van der Waals surface area contributed by atoms with Gasteiger partial charge in [0, 0.05) is 24.6 Å². The molecule has 0 saturated heterocycles. The summed E-state index contributed by atoms with van der Waals surface area (Å²) in [6.45, 7) is 6.07. The van der Waals surface area contributed by atoms with Crippen LogP contribution in [0.5, 0.6) is 0 Å². The molecule has 0 aliphatic heterocycles. The zero-order chi connectivity index (χ0) is 15.1. The van der Waals surface area contributed by atoms with Gasteiger partial charge in [0.05, 0.1) is 12.2 Å². The van der Waals surface area contributed by atoms with Gasteiger partial charge in [-0.05, 0) is 46.6 Å². The van der Waals surface area contributed by atoms with Crippen LogP contribution in [0, 0.1) is 5.92 Å². The number of nitrogens with zero attached hydrogens (tertiary/aromatic N) is 1. The van der Waals surface area contributed by atoms with Crippen molar-refractivity contribution < 1.29 is 4.79 Å². The van der Waals surface area contributed by atoms with Crippen molar-refractivity contribution in [3.63, 3.8) is 0 Å². The Balaban J connectivity index is 2.63. The molecule has 0 spiro atoms. The number of rotatable bonds is 7. The highest BCUT2D eigenvalue weighted by Gasteiger charge is 2.11. The fraction of sp³-hybridized carbons (Fsp3) is 0.533. The van der Waals surface area contributed by atoms with E-state index in [0.29, 0.717) is 12.5 Å². The number of benzene rings is 1. The van der Waals surface area contributed by atoms with Gasteiger partial charge in [-0.1, -0.05) is 19.9 Å². The second kappa shape index (κ2) is 8.27. The number of likely N-dealkylation sites (N-methyl/N-ethyl adjacent to an activating group) is 1. The van der Waals surface area contributed by atoms with Crippen LogP contribution in [-0.2, 0) is 11.3 Å². The van der Waals surface area contributed by atoms with Crippen LogP contribution in [0.15, 0.2) is 22.7 Å². The standard InChI is InChI=1S/C15H24BrN3O/c1-11(2)8-18-15(20)10-19(4)14-6-5-12(9-17-3)7-13(14)16/h5-7,11,17H,8-10H2,1-4H3,(H,18,20). The first-order valence-electron chi connectivity index (χ1n) is 6.85. The van der Waals surface area contributed by atoms with E-state index in [-0.39, 0.29) is 5.91 Å². The number of anilines is 1. The van der Waals surface area contributed by atoms with Gasteiger partial charge in [-0.25, -0.2) is 0 Å². The summed E-state index contributed by atoms with van der Waals surface area (Å²) in [5.41, 5.74) is 2.23. The Bertz CT molecular complexity index is 449. The number of nitrogens with one attached hydrogen (secondary N) is 2. The molecule has 0 fully saturated rings. The molecule has 0 atom stereocenters. The highest BCUT2D eigenvalue weighted by Crippen LogP contribution is 2.26. The normalized spacial score (nSPS) is 10.7. The maximum absolute atomic E-state index is 11.8. The number of carbonyl (C=O) groups excluding carboxylic acids is 1. The van der Waals surface area contributed by atoms with Gasteiger partial charge in [-0.3, -0.25) is 4.79 Å². The quantitative estimate of drug-likeness (QED) is 0.800. The molecular weight excluding hydrogens is 318 g/mol. The van der Waals surface area contributed by atoms with E-state index < -0.39 is 0 Å². The highest BCUT2D eigenvalue weighted by molar-refractivity contribution is 9.10. The zero-order valence-corrected chi connectivity index (χ0v) is 14.3. The Morgan fingerprint density at radius 1 is 1.40 bits per heavy atom. The molecule has 1 rings (SSSR count). The summed E-state index contributed by atoms with van der Waals surface area (Å²) in [6.07, 6.45) is 0. The maximum Gasteiger partial charge on any atom is 0.239 e. The molecule has 1 aromatic rings. The van der Waals surface area contributed by atoms with Crippen LogP contribution >= 0.6 is 15.9 Å². The average molecular weight is 342 g/mol. The van der Waals surface area contributed by atoms with Crippen molar-refractivity contribution in [2.75, 3.05) is 32.1 Å². The van der Waals surface area contributed by atoms with E-state index in [2.05, 4.69) is 52.5 Å². The Morgan fingerprint density at radius 2 is 2.10 bits per heavy atom. The van der Waals surface area contributed by atoms with E-state index >= 15 is 0 Å². The predicted molar refractivity (Wildman–Crippen MR) is 88.0 cm³/mol. The Hall–Kier alpha value is -1.07. The molecule has 0 bridgehead atoms. The molecule has 0 heterocycles. The molecule has 2 N–H and O–H groups in total. The third-order valence-corrected chi connectivity index (χ3v) is 3.53. The molecule has 0 saturated carbocycles. The summed E-state index contributed by atoms with van der Waals surface area (Å²) >= 11 is 3.57. The molecule has 112 valence electrons. The van der Waals surface area contributed by atoms with Gasteiger partial charge in [0.2, 0.25) is 5.91 Å². The van der Waals surface area contributed by atoms with E-state index in [0.717, 1.165) is 23.2 Å². The molecule has 1 aromatic carbocycles. The lowest BCUT2D eigenvalue weighted by Gasteiger charge is -2.21. The minimum Gasteiger partial charge on any atom is -0.364 e. The SMILES string of the molecule is CNCc1ccc(N(C)CC(=O)NCC(C)C)c(Br)c1. The lowest BCUT2D eigenvalue weighted by Crippen LogP contribution is -2.37. The molecule has 1 amide bonds. The number of hydrogen-bond acceptors (Lipinski definition) is 3. The molecule has 0 aliphatic rings. The lowest BCUT2D eigenvalue weighted by molar-refractivity contribution is -0.119. The number of carbonyl (C=O) groups is 1. The van der Waals surface area contributed by atoms with Crippen molar-refractivity contribution in [1.29, 1.82) is 0 Å². The smallest absolute Gasteiger partial charge is 0.239 e. The fourth-order valence-electron chi connectivity index (χ4n) is 1.85. The second-order valence-electron chi connectivity index (χ2n) is 5.37. The van der Waals surface area contributed by atoms with Gasteiger partial charge < -0.3 is 15.5 Å². The number of halogens is 1. The minimum absolute atomic E-state index is 0.0485. The predicted octanol–water partition coefficient (Wildman–Crippen LogP) is 2.38. The van der Waals surface area contributed by atoms with E-state index in [4.69, 9.17) is 0 Å². The summed E-state index contributed by atoms with van der Waals surface area (Å²) in [5, 5.41) is 6.05. The molecule has 0 radical (unpaired) electrons. The maximum atomic E-state index is 11.8. The summed E-state index contributed by atoms with van der Waals surface area (Å²) in [5.74, 6) is 0.518. The van der Waals surface area contributed by atoms with Crippen molar-refractivity contribution in [2.24, 2.45) is 5.92 Å². The largest absolute Gasteiger partial charge is 0.364 e. The molecule has 5 heteroatoms. The van der Waals surface area contributed by atoms with E-state index in [1.54, 1.807) is 0 Å². The van der Waals surface area contributed by atoms with Crippen molar-refractivity contribution in [3.8, 4) is 0 Å². The van der Waals surface area contributed by atoms with E-state index in [9.17, 15) is 4.79 Å². The van der Waals surface area contributed by atoms with Crippen LogP contribution in [0.3, 0.4) is 0 Å². The van der Waals surface area contributed by atoms with Crippen molar-refractivity contribution in [2.45, 2.75) is 20.4 Å². The highest BCUT2D eigenvalue weighted by atomic mass is 79.9. The van der Waals surface area contributed by atoms with Crippen molar-refractivity contribution in [3.05, 3.63) is 28.2 Å². The van der Waals surface area contributed by atoms with Gasteiger partial charge in [0.15, 0.2) is 0 Å². The summed E-state index contributed by atoms with van der Waals surface area (Å²) in [7, 11) is 3.85. The number of hydrogen-bond donors (Lipinski definition) is 2. The van der Waals surface area contributed by atoms with Crippen molar-refractivity contribution >= 4 is 27.5 Å². The molecule has 0 aromatic heterocycles. The monoisotopic (exact) mass is 341 g/mol. The Kier molecular flexibility index (Phi) is 7.02. The third kappa shape index (κ3) is 5.51. The second-order valence-corrected chi connectivity index (χ2v) is 6.22. The Labute approximate surface area is 130 Å². The number of amides is 1. The molecular formula is C15H24BrN3O. The van der Waals surface area contributed by atoms with Crippen LogP contribution < -0.4 is 15.5 Å². The van der Waals surface area contributed by atoms with Gasteiger partial charge in [-0.2, -0.15) is 0 Å². The topological polar surface area (TPSA) is 44.4 Å². The third-order valence-electron chi connectivity index (χ3n) is 2.89. The van der Waals surface area contributed by atoms with Crippen LogP contribution in [0.25, 0.3) is 0 Å². The zero-order valence-electron chi connectivity index (χ0n) is 12.7. The first-order chi connectivity index (χ1) is 9.43. The van der Waals surface area contributed by atoms with E-state index in [1.165, 1.54) is 5.56 Å². The molecule has 4 nitrogen and oxygen atoms in total. The molecule has 0 aliphatic carbocycles. The lowest BCUT2D eigenvalue weighted by atomic mass is 10.2. The van der Waals surface area contributed by atoms with Crippen LogP contribution in [-0.4, -0.2) is 33.1 Å². The summed E-state index contributed by atoms with van der Waals surface area (Å²) in [4.78, 5) is 13.8. The fourth-order valence-corrected chi connectivity index (χ4v) is 2.58. The molecule has 20 heavy (non-hydrogen) atoms. The van der Waals surface area contributed by atoms with E-state index in [1.807, 2.05) is 25.1 Å². The van der Waals surface area contributed by atoms with Gasteiger partial charge in [0.1, 0.15) is 0 Å². The molecule has 0 unspecified atom stereocenters. The average Bonchev–Trinajstić information content (AvgIpc) is 2.36. The first kappa shape index (κ1) is 17.0. The van der Waals surface area contributed by atoms with Gasteiger partial charge in [0.25, 0.3) is 0 Å². The van der Waals surface area contributed by atoms with Crippen molar-refractivity contribution in [1.82, 2.24) is 10.6 Å². The Morgan fingerprint density at radius 3 is 2.65 bits per heavy atom. The van der Waals surface area contributed by atoms with Gasteiger partial charge >= 0.3 is 0 Å². The van der Waals surface area contributed by atoms with Gasteiger partial charge in [-0.15, -0.1) is 0 Å².